The van der Waals surface area contributed by atoms with Crippen molar-refractivity contribution < 1.29 is 23.9 Å². The SMILES string of the molecule is COc1ccc(CN(C)C(=O)CN2C(=O)NC3(CCCCC3)C2=O)c(OC)c1. The van der Waals surface area contributed by atoms with Gasteiger partial charge in [0.1, 0.15) is 23.6 Å². The van der Waals surface area contributed by atoms with Gasteiger partial charge in [0.25, 0.3) is 5.91 Å². The Labute approximate surface area is 164 Å². The van der Waals surface area contributed by atoms with E-state index >= 15 is 0 Å². The second kappa shape index (κ2) is 8.08. The molecule has 1 spiro atoms. The molecule has 152 valence electrons. The molecule has 1 aromatic carbocycles. The van der Waals surface area contributed by atoms with Gasteiger partial charge in [-0.15, -0.1) is 0 Å². The number of carbonyl (C=O) groups is 3. The molecule has 4 amide bonds. The molecule has 1 N–H and O–H groups in total. The number of urea groups is 1. The third-order valence-electron chi connectivity index (χ3n) is 5.57. The zero-order chi connectivity index (χ0) is 20.3. The lowest BCUT2D eigenvalue weighted by molar-refractivity contribution is -0.139. The maximum absolute atomic E-state index is 12.8. The van der Waals surface area contributed by atoms with E-state index in [1.165, 1.54) is 4.90 Å². The van der Waals surface area contributed by atoms with Crippen molar-refractivity contribution in [3.8, 4) is 11.5 Å². The fraction of sp³-hybridized carbons (Fsp3) is 0.550. The van der Waals surface area contributed by atoms with Crippen molar-refractivity contribution in [2.24, 2.45) is 0 Å². The van der Waals surface area contributed by atoms with Gasteiger partial charge in [-0.3, -0.25) is 14.5 Å². The first-order valence-corrected chi connectivity index (χ1v) is 9.49. The number of carbonyl (C=O) groups excluding carboxylic acids is 3. The second-order valence-electron chi connectivity index (χ2n) is 7.39. The molecule has 2 aliphatic rings. The fourth-order valence-corrected chi connectivity index (χ4v) is 3.90. The summed E-state index contributed by atoms with van der Waals surface area (Å²) in [4.78, 5) is 40.4. The van der Waals surface area contributed by atoms with Crippen LogP contribution in [0.25, 0.3) is 0 Å². The quantitative estimate of drug-likeness (QED) is 0.751. The Hall–Kier alpha value is -2.77. The molecule has 8 heteroatoms. The van der Waals surface area contributed by atoms with E-state index in [-0.39, 0.29) is 18.4 Å². The predicted octanol–water partition coefficient (Wildman–Crippen LogP) is 1.92. The van der Waals surface area contributed by atoms with E-state index in [4.69, 9.17) is 9.47 Å². The summed E-state index contributed by atoms with van der Waals surface area (Å²) in [5.74, 6) is 0.678. The molecule has 1 aliphatic heterocycles. The minimum atomic E-state index is -0.812. The van der Waals surface area contributed by atoms with Crippen molar-refractivity contribution in [1.82, 2.24) is 15.1 Å². The molecule has 0 radical (unpaired) electrons. The normalized spacial score (nSPS) is 18.2. The standard InChI is InChI=1S/C20H27N3O5/c1-22(12-14-7-8-15(27-2)11-16(14)28-3)17(24)13-23-18(25)20(21-19(23)26)9-5-4-6-10-20/h7-8,11H,4-6,9-10,12-13H2,1-3H3,(H,21,26). The van der Waals surface area contributed by atoms with Crippen molar-refractivity contribution >= 4 is 17.8 Å². The number of ether oxygens (including phenoxy) is 2. The summed E-state index contributed by atoms with van der Waals surface area (Å²) in [6, 6.07) is 4.89. The largest absolute Gasteiger partial charge is 0.497 e. The number of benzene rings is 1. The van der Waals surface area contributed by atoms with E-state index in [2.05, 4.69) is 5.32 Å². The van der Waals surface area contributed by atoms with E-state index in [1.54, 1.807) is 33.4 Å². The van der Waals surface area contributed by atoms with Crippen LogP contribution in [0.1, 0.15) is 37.7 Å². The topological polar surface area (TPSA) is 88.2 Å². The molecule has 0 bridgehead atoms. The first kappa shape index (κ1) is 20.0. The van der Waals surface area contributed by atoms with E-state index < -0.39 is 11.6 Å². The molecule has 28 heavy (non-hydrogen) atoms. The van der Waals surface area contributed by atoms with Crippen LogP contribution in [-0.4, -0.2) is 61.0 Å². The Morgan fingerprint density at radius 2 is 1.89 bits per heavy atom. The average molecular weight is 389 g/mol. The monoisotopic (exact) mass is 389 g/mol. The highest BCUT2D eigenvalue weighted by Crippen LogP contribution is 2.33. The lowest BCUT2D eigenvalue weighted by Crippen LogP contribution is -2.49. The smallest absolute Gasteiger partial charge is 0.325 e. The lowest BCUT2D eigenvalue weighted by atomic mass is 9.82. The van der Waals surface area contributed by atoms with Crippen LogP contribution in [-0.2, 0) is 16.1 Å². The summed E-state index contributed by atoms with van der Waals surface area (Å²) in [5, 5.41) is 2.83. The van der Waals surface area contributed by atoms with Gasteiger partial charge in [-0.2, -0.15) is 0 Å². The molecule has 1 aromatic rings. The molecule has 1 aliphatic carbocycles. The van der Waals surface area contributed by atoms with Crippen LogP contribution in [0.4, 0.5) is 4.79 Å². The number of rotatable bonds is 6. The van der Waals surface area contributed by atoms with Crippen LogP contribution in [0.15, 0.2) is 18.2 Å². The van der Waals surface area contributed by atoms with E-state index in [1.807, 2.05) is 6.07 Å². The van der Waals surface area contributed by atoms with E-state index in [0.29, 0.717) is 30.9 Å². The van der Waals surface area contributed by atoms with Crippen molar-refractivity contribution in [2.45, 2.75) is 44.2 Å². The Morgan fingerprint density at radius 1 is 1.18 bits per heavy atom. The van der Waals surface area contributed by atoms with Crippen LogP contribution in [0, 0.1) is 0 Å². The van der Waals surface area contributed by atoms with Crippen molar-refractivity contribution in [3.05, 3.63) is 23.8 Å². The number of imide groups is 1. The summed E-state index contributed by atoms with van der Waals surface area (Å²) in [7, 11) is 4.76. The van der Waals surface area contributed by atoms with Gasteiger partial charge in [0.05, 0.1) is 14.2 Å². The zero-order valence-corrected chi connectivity index (χ0v) is 16.6. The van der Waals surface area contributed by atoms with E-state index in [9.17, 15) is 14.4 Å². The molecule has 1 heterocycles. The van der Waals surface area contributed by atoms with Gasteiger partial charge in [-0.1, -0.05) is 19.3 Å². The lowest BCUT2D eigenvalue weighted by Gasteiger charge is -2.30. The third kappa shape index (κ3) is 3.76. The predicted molar refractivity (Wildman–Crippen MR) is 102 cm³/mol. The molecular formula is C20H27N3O5. The molecule has 1 saturated heterocycles. The average Bonchev–Trinajstić information content (AvgIpc) is 2.92. The second-order valence-corrected chi connectivity index (χ2v) is 7.39. The van der Waals surface area contributed by atoms with Gasteiger partial charge >= 0.3 is 6.03 Å². The van der Waals surface area contributed by atoms with Gasteiger partial charge in [0.15, 0.2) is 0 Å². The number of amides is 4. The Balaban J connectivity index is 1.66. The molecule has 0 aromatic heterocycles. The zero-order valence-electron chi connectivity index (χ0n) is 16.6. The Bertz CT molecular complexity index is 773. The molecule has 0 unspecified atom stereocenters. The number of nitrogens with zero attached hydrogens (tertiary/aromatic N) is 2. The third-order valence-corrected chi connectivity index (χ3v) is 5.57. The van der Waals surface area contributed by atoms with Crippen LogP contribution < -0.4 is 14.8 Å². The van der Waals surface area contributed by atoms with Gasteiger partial charge in [0, 0.05) is 25.2 Å². The highest BCUT2D eigenvalue weighted by atomic mass is 16.5. The first-order valence-electron chi connectivity index (χ1n) is 9.49. The molecule has 3 rings (SSSR count). The van der Waals surface area contributed by atoms with Gasteiger partial charge < -0.3 is 19.7 Å². The Kier molecular flexibility index (Phi) is 5.76. The van der Waals surface area contributed by atoms with Gasteiger partial charge in [0.2, 0.25) is 5.91 Å². The van der Waals surface area contributed by atoms with Gasteiger partial charge in [-0.25, -0.2) is 4.79 Å². The molecule has 0 atom stereocenters. The number of likely N-dealkylation sites (N-methyl/N-ethyl adjacent to an activating group) is 1. The van der Waals surface area contributed by atoms with Crippen LogP contribution >= 0.6 is 0 Å². The van der Waals surface area contributed by atoms with E-state index in [0.717, 1.165) is 29.7 Å². The number of nitrogens with one attached hydrogen (secondary N) is 1. The highest BCUT2D eigenvalue weighted by molar-refractivity contribution is 6.09. The van der Waals surface area contributed by atoms with Crippen LogP contribution in [0.5, 0.6) is 11.5 Å². The number of methoxy groups -OCH3 is 2. The molecule has 2 fully saturated rings. The summed E-state index contributed by atoms with van der Waals surface area (Å²) in [5.41, 5.74) is -0.00647. The minimum absolute atomic E-state index is 0.263. The van der Waals surface area contributed by atoms with Gasteiger partial charge in [-0.05, 0) is 25.0 Å². The number of hydrogen-bond donors (Lipinski definition) is 1. The van der Waals surface area contributed by atoms with Crippen LogP contribution in [0.2, 0.25) is 0 Å². The highest BCUT2D eigenvalue weighted by Gasteiger charge is 2.51. The van der Waals surface area contributed by atoms with Crippen molar-refractivity contribution in [1.29, 1.82) is 0 Å². The van der Waals surface area contributed by atoms with Crippen molar-refractivity contribution in [3.63, 3.8) is 0 Å². The summed E-state index contributed by atoms with van der Waals surface area (Å²) in [6.07, 6.45) is 4.16. The number of hydrogen-bond acceptors (Lipinski definition) is 5. The first-order chi connectivity index (χ1) is 13.4. The molecule has 8 nitrogen and oxygen atoms in total. The maximum atomic E-state index is 12.8. The van der Waals surface area contributed by atoms with Crippen molar-refractivity contribution in [2.75, 3.05) is 27.8 Å². The minimum Gasteiger partial charge on any atom is -0.497 e. The molecular weight excluding hydrogens is 362 g/mol. The summed E-state index contributed by atoms with van der Waals surface area (Å²) in [6.45, 7) is 0.0299. The fourth-order valence-electron chi connectivity index (χ4n) is 3.90. The maximum Gasteiger partial charge on any atom is 0.325 e. The Morgan fingerprint density at radius 3 is 2.54 bits per heavy atom. The summed E-state index contributed by atoms with van der Waals surface area (Å²) < 4.78 is 10.5. The molecule has 1 saturated carbocycles. The van der Waals surface area contributed by atoms with Crippen LogP contribution in [0.3, 0.4) is 0 Å². The summed E-state index contributed by atoms with van der Waals surface area (Å²) >= 11 is 0.